The zero-order valence-electron chi connectivity index (χ0n) is 11.6. The number of sulfone groups is 1. The molecule has 1 aromatic rings. The van der Waals surface area contributed by atoms with E-state index in [1.54, 1.807) is 12.3 Å². The third-order valence-electron chi connectivity index (χ3n) is 3.71. The number of nitrogens with zero attached hydrogens (tertiary/aromatic N) is 1. The number of pyridine rings is 1. The van der Waals surface area contributed by atoms with Crippen LogP contribution in [0.25, 0.3) is 5.57 Å². The van der Waals surface area contributed by atoms with Gasteiger partial charge < -0.3 is 0 Å². The Morgan fingerprint density at radius 1 is 1.26 bits per heavy atom. The molecule has 3 nitrogen and oxygen atoms in total. The van der Waals surface area contributed by atoms with Crippen molar-refractivity contribution in [1.29, 1.82) is 0 Å². The summed E-state index contributed by atoms with van der Waals surface area (Å²) in [6.45, 7) is 2.08. The van der Waals surface area contributed by atoms with Crippen LogP contribution in [0.15, 0.2) is 29.4 Å². The summed E-state index contributed by atoms with van der Waals surface area (Å²) in [5, 5.41) is 0.140. The van der Waals surface area contributed by atoms with E-state index in [-0.39, 0.29) is 5.03 Å². The highest BCUT2D eigenvalue weighted by Crippen LogP contribution is 2.27. The van der Waals surface area contributed by atoms with Crippen LogP contribution >= 0.6 is 0 Å². The standard InChI is InChI=1S/C15H21NO2S/c1-12(10-13-6-4-3-5-7-13)14-8-9-15(16-11-14)19(2,17)18/h8-11,13H,3-7H2,1-2H3. The molecule has 104 valence electrons. The second-order valence-electron chi connectivity index (χ2n) is 5.41. The van der Waals surface area contributed by atoms with Gasteiger partial charge in [-0.25, -0.2) is 13.4 Å². The molecule has 0 spiro atoms. The van der Waals surface area contributed by atoms with Crippen LogP contribution in [0.3, 0.4) is 0 Å². The van der Waals surface area contributed by atoms with E-state index in [9.17, 15) is 8.42 Å². The number of aromatic nitrogens is 1. The average Bonchev–Trinajstić information content (AvgIpc) is 2.39. The van der Waals surface area contributed by atoms with Gasteiger partial charge in [0, 0.05) is 12.5 Å². The summed E-state index contributed by atoms with van der Waals surface area (Å²) in [5.74, 6) is 0.670. The maximum Gasteiger partial charge on any atom is 0.192 e. The van der Waals surface area contributed by atoms with Gasteiger partial charge >= 0.3 is 0 Å². The van der Waals surface area contributed by atoms with Crippen LogP contribution in [-0.2, 0) is 9.84 Å². The van der Waals surface area contributed by atoms with Gasteiger partial charge in [0.25, 0.3) is 0 Å². The van der Waals surface area contributed by atoms with Crippen molar-refractivity contribution in [1.82, 2.24) is 4.98 Å². The molecule has 1 aromatic heterocycles. The van der Waals surface area contributed by atoms with E-state index in [0.717, 1.165) is 5.56 Å². The molecule has 0 amide bonds. The molecule has 0 N–H and O–H groups in total. The van der Waals surface area contributed by atoms with Crippen molar-refractivity contribution in [2.45, 2.75) is 44.1 Å². The van der Waals surface area contributed by atoms with Gasteiger partial charge in [-0.3, -0.25) is 0 Å². The summed E-state index contributed by atoms with van der Waals surface area (Å²) in [6, 6.07) is 3.43. The molecular weight excluding hydrogens is 258 g/mol. The fourth-order valence-corrected chi connectivity index (χ4v) is 3.14. The Hall–Kier alpha value is -1.16. The highest BCUT2D eigenvalue weighted by Gasteiger charge is 2.12. The molecule has 0 radical (unpaired) electrons. The van der Waals surface area contributed by atoms with Gasteiger partial charge in [-0.2, -0.15) is 0 Å². The van der Waals surface area contributed by atoms with Crippen molar-refractivity contribution < 1.29 is 8.42 Å². The smallest absolute Gasteiger partial charge is 0.192 e. The predicted molar refractivity (Wildman–Crippen MR) is 77.6 cm³/mol. The molecule has 1 saturated carbocycles. The van der Waals surface area contributed by atoms with Crippen molar-refractivity contribution in [3.8, 4) is 0 Å². The lowest BCUT2D eigenvalue weighted by atomic mass is 9.87. The fourth-order valence-electron chi connectivity index (χ4n) is 2.58. The summed E-state index contributed by atoms with van der Waals surface area (Å²) in [4.78, 5) is 4.04. The molecule has 0 atom stereocenters. The Kier molecular flexibility index (Phi) is 4.40. The lowest BCUT2D eigenvalue weighted by Crippen LogP contribution is -2.04. The number of hydrogen-bond donors (Lipinski definition) is 0. The molecule has 1 fully saturated rings. The Morgan fingerprint density at radius 3 is 2.47 bits per heavy atom. The number of allylic oxidation sites excluding steroid dienone is 2. The summed E-state index contributed by atoms with van der Waals surface area (Å²) < 4.78 is 22.7. The molecule has 1 aliphatic carbocycles. The van der Waals surface area contributed by atoms with Gasteiger partial charge in [-0.15, -0.1) is 0 Å². The van der Waals surface area contributed by atoms with Crippen LogP contribution in [0.4, 0.5) is 0 Å². The predicted octanol–water partition coefficient (Wildman–Crippen LogP) is 3.47. The van der Waals surface area contributed by atoms with Gasteiger partial charge in [0.2, 0.25) is 0 Å². The Balaban J connectivity index is 2.15. The Bertz CT molecular complexity index is 552. The van der Waals surface area contributed by atoms with Crippen LogP contribution in [0.1, 0.15) is 44.6 Å². The van der Waals surface area contributed by atoms with Crippen molar-refractivity contribution >= 4 is 15.4 Å². The number of hydrogen-bond acceptors (Lipinski definition) is 3. The minimum Gasteiger partial charge on any atom is -0.244 e. The fraction of sp³-hybridized carbons (Fsp3) is 0.533. The first-order chi connectivity index (χ1) is 8.97. The molecule has 0 saturated heterocycles. The van der Waals surface area contributed by atoms with Crippen LogP contribution in [-0.4, -0.2) is 19.7 Å². The highest BCUT2D eigenvalue weighted by molar-refractivity contribution is 7.90. The molecule has 0 aliphatic heterocycles. The lowest BCUT2D eigenvalue weighted by Gasteiger charge is -2.19. The number of rotatable bonds is 3. The van der Waals surface area contributed by atoms with E-state index >= 15 is 0 Å². The zero-order chi connectivity index (χ0) is 13.9. The van der Waals surface area contributed by atoms with E-state index in [1.165, 1.54) is 43.9 Å². The van der Waals surface area contributed by atoms with E-state index < -0.39 is 9.84 Å². The molecule has 2 rings (SSSR count). The second-order valence-corrected chi connectivity index (χ2v) is 7.37. The summed E-state index contributed by atoms with van der Waals surface area (Å²) in [5.41, 5.74) is 2.21. The molecule has 1 heterocycles. The van der Waals surface area contributed by atoms with Crippen LogP contribution in [0.2, 0.25) is 0 Å². The highest BCUT2D eigenvalue weighted by atomic mass is 32.2. The first kappa shape index (κ1) is 14.3. The molecule has 4 heteroatoms. The van der Waals surface area contributed by atoms with Crippen LogP contribution < -0.4 is 0 Å². The van der Waals surface area contributed by atoms with E-state index in [4.69, 9.17) is 0 Å². The van der Waals surface area contributed by atoms with Gasteiger partial charge in [0.05, 0.1) is 0 Å². The van der Waals surface area contributed by atoms with E-state index in [0.29, 0.717) is 5.92 Å². The summed E-state index contributed by atoms with van der Waals surface area (Å²) in [6.07, 6.45) is 11.7. The van der Waals surface area contributed by atoms with Crippen LogP contribution in [0.5, 0.6) is 0 Å². The molecule has 0 aromatic carbocycles. The quantitative estimate of drug-likeness (QED) is 0.851. The summed E-state index contributed by atoms with van der Waals surface area (Å²) in [7, 11) is -3.20. The van der Waals surface area contributed by atoms with Crippen molar-refractivity contribution in [2.75, 3.05) is 6.26 Å². The lowest BCUT2D eigenvalue weighted by molar-refractivity contribution is 0.420. The third kappa shape index (κ3) is 3.90. The second kappa shape index (κ2) is 5.87. The van der Waals surface area contributed by atoms with Crippen molar-refractivity contribution in [2.24, 2.45) is 5.92 Å². The van der Waals surface area contributed by atoms with Crippen molar-refractivity contribution in [3.05, 3.63) is 30.0 Å². The molecule has 1 aliphatic rings. The maximum absolute atomic E-state index is 11.4. The molecule has 0 unspecified atom stereocenters. The van der Waals surface area contributed by atoms with Gasteiger partial charge in [-0.05, 0) is 42.9 Å². The van der Waals surface area contributed by atoms with Crippen LogP contribution in [0, 0.1) is 5.92 Å². The van der Waals surface area contributed by atoms with E-state index in [1.807, 2.05) is 6.07 Å². The molecule has 0 bridgehead atoms. The largest absolute Gasteiger partial charge is 0.244 e. The Morgan fingerprint density at radius 2 is 1.95 bits per heavy atom. The monoisotopic (exact) mass is 279 g/mol. The van der Waals surface area contributed by atoms with Gasteiger partial charge in [0.1, 0.15) is 0 Å². The SMILES string of the molecule is CC(=CC1CCCCC1)c1ccc(S(C)(=O)=O)nc1. The maximum atomic E-state index is 11.4. The average molecular weight is 279 g/mol. The zero-order valence-corrected chi connectivity index (χ0v) is 12.4. The minimum atomic E-state index is -3.20. The Labute approximate surface area is 115 Å². The topological polar surface area (TPSA) is 47.0 Å². The molecular formula is C15H21NO2S. The van der Waals surface area contributed by atoms with Gasteiger partial charge in [0.15, 0.2) is 14.9 Å². The third-order valence-corrected chi connectivity index (χ3v) is 4.71. The van der Waals surface area contributed by atoms with Crippen molar-refractivity contribution in [3.63, 3.8) is 0 Å². The van der Waals surface area contributed by atoms with Gasteiger partial charge in [-0.1, -0.05) is 31.4 Å². The normalized spacial score (nSPS) is 18.5. The first-order valence-corrected chi connectivity index (χ1v) is 8.71. The first-order valence-electron chi connectivity index (χ1n) is 6.82. The van der Waals surface area contributed by atoms with E-state index in [2.05, 4.69) is 18.0 Å². The minimum absolute atomic E-state index is 0.140. The molecule has 19 heavy (non-hydrogen) atoms. The summed E-state index contributed by atoms with van der Waals surface area (Å²) >= 11 is 0.